The summed E-state index contributed by atoms with van der Waals surface area (Å²) in [5.41, 5.74) is 24.2. The van der Waals surface area contributed by atoms with Gasteiger partial charge >= 0.3 is 0 Å². The first kappa shape index (κ1) is 58.1. The normalized spacial score (nSPS) is 15.9. The van der Waals surface area contributed by atoms with Crippen molar-refractivity contribution >= 4 is 33.7 Å². The highest BCUT2D eigenvalue weighted by molar-refractivity contribution is 6.35. The molecule has 4 heteroatoms. The van der Waals surface area contributed by atoms with Gasteiger partial charge in [0.2, 0.25) is 0 Å². The van der Waals surface area contributed by atoms with Gasteiger partial charge in [-0.15, -0.1) is 0 Å². The van der Waals surface area contributed by atoms with E-state index in [4.69, 9.17) is 9.98 Å². The predicted octanol–water partition coefficient (Wildman–Crippen LogP) is 18.4. The second-order valence-electron chi connectivity index (χ2n) is 31.7. The maximum absolute atomic E-state index is 5.86. The van der Waals surface area contributed by atoms with Gasteiger partial charge < -0.3 is 9.97 Å². The first-order valence-electron chi connectivity index (χ1n) is 29.5. The minimum absolute atomic E-state index is 0.0901. The molecular weight excluding hydrogens is 969 g/mol. The molecule has 0 fully saturated rings. The fraction of sp³-hybridized carbons (Fsp3) is 0.421. The zero-order chi connectivity index (χ0) is 58.8. The monoisotopic (exact) mass is 1060 g/mol. The molecular formula is C76H94N4. The molecule has 4 aromatic carbocycles. The molecule has 3 aliphatic rings. The molecule has 3 aliphatic heterocycles. The number of hydrogen-bond acceptors (Lipinski definition) is 2. The quantitative estimate of drug-likeness (QED) is 0.177. The highest BCUT2D eigenvalue weighted by Crippen LogP contribution is 2.43. The second-order valence-corrected chi connectivity index (χ2v) is 31.7. The van der Waals surface area contributed by atoms with Gasteiger partial charge in [-0.2, -0.15) is 0 Å². The number of allylic oxidation sites excluding steroid dienone is 5. The second kappa shape index (κ2) is 19.6. The minimum atomic E-state index is -0.105. The molecule has 0 spiro atoms. The van der Waals surface area contributed by atoms with E-state index >= 15 is 0 Å². The van der Waals surface area contributed by atoms with Crippen LogP contribution in [0.1, 0.15) is 244 Å². The number of aliphatic imine (C=N–C) groups is 2. The molecule has 418 valence electrons. The van der Waals surface area contributed by atoms with E-state index in [0.717, 1.165) is 83.8 Å². The third kappa shape index (κ3) is 11.8. The summed E-state index contributed by atoms with van der Waals surface area (Å²) in [7, 11) is 0. The van der Waals surface area contributed by atoms with Crippen molar-refractivity contribution in [3.8, 4) is 0 Å². The van der Waals surface area contributed by atoms with Crippen LogP contribution in [0.25, 0.3) is 22.3 Å². The topological polar surface area (TPSA) is 56.3 Å². The van der Waals surface area contributed by atoms with Crippen molar-refractivity contribution in [2.24, 2.45) is 9.98 Å². The highest BCUT2D eigenvalue weighted by atomic mass is 14.8. The summed E-state index contributed by atoms with van der Waals surface area (Å²) in [4.78, 5) is 19.8. The van der Waals surface area contributed by atoms with E-state index in [1.807, 2.05) is 0 Å². The fourth-order valence-corrected chi connectivity index (χ4v) is 11.0. The summed E-state index contributed by atoms with van der Waals surface area (Å²) in [5.74, 6) is 0. The number of aromatic amines is 2. The molecule has 0 amide bonds. The third-order valence-corrected chi connectivity index (χ3v) is 16.6. The van der Waals surface area contributed by atoms with Crippen LogP contribution in [0, 0.1) is 0 Å². The number of aromatic nitrogens is 2. The summed E-state index contributed by atoms with van der Waals surface area (Å²) < 4.78 is 0. The molecule has 0 saturated heterocycles. The number of fused-ring (bicyclic) bond motifs is 6. The molecule has 2 aromatic heterocycles. The lowest BCUT2D eigenvalue weighted by Gasteiger charge is -2.27. The molecule has 0 unspecified atom stereocenters. The van der Waals surface area contributed by atoms with E-state index in [-0.39, 0.29) is 43.3 Å². The van der Waals surface area contributed by atoms with Crippen molar-refractivity contribution in [3.63, 3.8) is 0 Å². The van der Waals surface area contributed by atoms with Gasteiger partial charge in [0.15, 0.2) is 0 Å². The Morgan fingerprint density at radius 3 is 0.887 bits per heavy atom. The molecule has 9 rings (SSSR count). The standard InChI is InChI=1S/C76H94N4/c1-69(2,3)50-31-45(32-51(40-50)70(4,5)6)65-49-39-64(77-44-49)68(48-37-56(75(19,20)21)43-57(38-48)76(22,23)24)63-30-29-62(80-63)67(47-35-54(73(13,14)15)42-55(36-47)74(16,17)18)61-28-27-60(79-61)66(59-26-25-58(65)78-59)46-33-52(71(7,8)9)41-53(34-46)72(10,11)12/h25-44,77-78H,1-24H3. The Morgan fingerprint density at radius 2 is 0.550 bits per heavy atom. The van der Waals surface area contributed by atoms with Crippen molar-refractivity contribution in [2.75, 3.05) is 0 Å². The van der Waals surface area contributed by atoms with Gasteiger partial charge in [0.1, 0.15) is 0 Å². The molecule has 0 aliphatic carbocycles. The van der Waals surface area contributed by atoms with Crippen molar-refractivity contribution in [3.05, 3.63) is 222 Å². The summed E-state index contributed by atoms with van der Waals surface area (Å²) >= 11 is 0. The highest BCUT2D eigenvalue weighted by Gasteiger charge is 2.31. The van der Waals surface area contributed by atoms with Gasteiger partial charge in [-0.05, 0) is 153 Å². The van der Waals surface area contributed by atoms with Gasteiger partial charge in [-0.3, -0.25) is 0 Å². The van der Waals surface area contributed by atoms with E-state index in [0.29, 0.717) is 0 Å². The Morgan fingerprint density at radius 1 is 0.275 bits per heavy atom. The molecule has 0 radical (unpaired) electrons. The lowest BCUT2D eigenvalue weighted by atomic mass is 9.78. The van der Waals surface area contributed by atoms with Gasteiger partial charge in [0.05, 0.1) is 22.8 Å². The van der Waals surface area contributed by atoms with E-state index in [9.17, 15) is 0 Å². The van der Waals surface area contributed by atoms with Gasteiger partial charge in [-0.25, -0.2) is 9.98 Å². The van der Waals surface area contributed by atoms with E-state index in [1.165, 1.54) is 50.1 Å². The van der Waals surface area contributed by atoms with Crippen LogP contribution in [0.2, 0.25) is 0 Å². The van der Waals surface area contributed by atoms with Crippen molar-refractivity contribution < 1.29 is 0 Å². The van der Waals surface area contributed by atoms with E-state index < -0.39 is 0 Å². The minimum Gasteiger partial charge on any atom is -0.360 e. The number of benzene rings is 4. The van der Waals surface area contributed by atoms with Crippen LogP contribution in [-0.4, -0.2) is 21.4 Å². The first-order valence-corrected chi connectivity index (χ1v) is 29.5. The number of nitrogens with one attached hydrogen (secondary N) is 2. The molecule has 2 N–H and O–H groups in total. The van der Waals surface area contributed by atoms with Gasteiger partial charge in [0, 0.05) is 50.4 Å². The van der Waals surface area contributed by atoms with E-state index in [2.05, 4.69) is 298 Å². The van der Waals surface area contributed by atoms with Gasteiger partial charge in [-0.1, -0.05) is 239 Å². The molecule has 4 nitrogen and oxygen atoms in total. The lowest BCUT2D eigenvalue weighted by Crippen LogP contribution is -2.22. The molecule has 80 heavy (non-hydrogen) atoms. The van der Waals surface area contributed by atoms with Crippen molar-refractivity contribution in [1.29, 1.82) is 0 Å². The number of H-pyrrole nitrogens is 2. The van der Waals surface area contributed by atoms with Crippen LogP contribution < -0.4 is 10.7 Å². The maximum atomic E-state index is 5.86. The summed E-state index contributed by atoms with van der Waals surface area (Å²) in [5, 5.41) is 2.05. The lowest BCUT2D eigenvalue weighted by molar-refractivity contribution is 0.567. The SMILES string of the molecule is CC(C)(C)c1cc(C2=C3C=CC(=N3)C(c3cc(C(C)(C)C)cc(C(C)(C)C)c3)=c3ccc([nH]3)=C(c3cc(C(C)(C)C)cc(C(C)(C)C)c3)c3c[nH]c(c3)C(c3cc(C(C)(C)C)cc(C(C)(C)C)c3)=C3C=CC2=N3)cc(C(C)(C)C)c1. The molecule has 6 aromatic rings. The van der Waals surface area contributed by atoms with Crippen LogP contribution in [0.4, 0.5) is 0 Å². The summed E-state index contributed by atoms with van der Waals surface area (Å²) in [6, 6.07) is 36.0. The summed E-state index contributed by atoms with van der Waals surface area (Å²) in [6.07, 6.45) is 11.2. The number of hydrogen-bond donors (Lipinski definition) is 2. The first-order chi connectivity index (χ1) is 36.6. The Labute approximate surface area is 482 Å². The Balaban J connectivity index is 1.51. The Hall–Kier alpha value is -6.52. The Bertz CT molecular complexity index is 3670. The number of nitrogens with zero attached hydrogens (tertiary/aromatic N) is 2. The predicted molar refractivity (Wildman–Crippen MR) is 346 cm³/mol. The van der Waals surface area contributed by atoms with Crippen LogP contribution >= 0.6 is 0 Å². The average Bonchev–Trinajstić information content (AvgIpc) is 4.17. The fourth-order valence-electron chi connectivity index (χ4n) is 11.0. The molecule has 8 bridgehead atoms. The van der Waals surface area contributed by atoms with Gasteiger partial charge in [0.25, 0.3) is 0 Å². The average molecular weight is 1060 g/mol. The molecule has 5 heterocycles. The zero-order valence-electron chi connectivity index (χ0n) is 53.4. The smallest absolute Gasteiger partial charge is 0.0738 e. The van der Waals surface area contributed by atoms with E-state index in [1.54, 1.807) is 0 Å². The molecule has 0 atom stereocenters. The maximum Gasteiger partial charge on any atom is 0.0738 e. The van der Waals surface area contributed by atoms with Crippen molar-refractivity contribution in [2.45, 2.75) is 209 Å². The third-order valence-electron chi connectivity index (χ3n) is 16.6. The number of rotatable bonds is 4. The van der Waals surface area contributed by atoms with Crippen LogP contribution in [0.3, 0.4) is 0 Å². The van der Waals surface area contributed by atoms with Crippen LogP contribution in [-0.2, 0) is 43.3 Å². The van der Waals surface area contributed by atoms with Crippen LogP contribution in [0.15, 0.2) is 143 Å². The van der Waals surface area contributed by atoms with Crippen LogP contribution in [0.5, 0.6) is 0 Å². The zero-order valence-corrected chi connectivity index (χ0v) is 53.4. The molecule has 0 saturated carbocycles. The summed E-state index contributed by atoms with van der Waals surface area (Å²) in [6.45, 7) is 55.8. The van der Waals surface area contributed by atoms with Crippen molar-refractivity contribution in [1.82, 2.24) is 9.97 Å². The largest absolute Gasteiger partial charge is 0.360 e. The Kier molecular flexibility index (Phi) is 14.2.